The van der Waals surface area contributed by atoms with Crippen molar-refractivity contribution in [3.05, 3.63) is 35.4 Å². The van der Waals surface area contributed by atoms with Crippen LogP contribution in [0.25, 0.3) is 10.9 Å². The number of benzene rings is 1. The van der Waals surface area contributed by atoms with E-state index in [4.69, 9.17) is 16.6 Å². The largest absolute Gasteiger partial charge is 0.354 e. The molecule has 5 heteroatoms. The van der Waals surface area contributed by atoms with Gasteiger partial charge in [-0.25, -0.2) is 4.98 Å². The van der Waals surface area contributed by atoms with E-state index in [1.54, 1.807) is 0 Å². The summed E-state index contributed by atoms with van der Waals surface area (Å²) in [5.74, 6) is 2.40. The van der Waals surface area contributed by atoms with Gasteiger partial charge in [-0.05, 0) is 25.0 Å². The van der Waals surface area contributed by atoms with Gasteiger partial charge in [0, 0.05) is 46.3 Å². The van der Waals surface area contributed by atoms with E-state index in [-0.39, 0.29) is 5.38 Å². The number of anilines is 1. The predicted octanol–water partition coefficient (Wildman–Crippen LogP) is 3.80. The van der Waals surface area contributed by atoms with E-state index in [0.29, 0.717) is 11.5 Å². The standard InChI is InChI=1S/C17H21ClN2OS/c1-3-15(18)14-11-13-6-4-5-12(2)16(13)19-17(14)20-7-9-22(21)10-8-20/h4-6,11,15H,3,7-10H2,1-2H3. The lowest BCUT2D eigenvalue weighted by Crippen LogP contribution is -2.38. The van der Waals surface area contributed by atoms with Crippen molar-refractivity contribution < 1.29 is 4.21 Å². The van der Waals surface area contributed by atoms with Gasteiger partial charge in [0.05, 0.1) is 10.9 Å². The molecule has 1 fully saturated rings. The van der Waals surface area contributed by atoms with Crippen LogP contribution in [0.2, 0.25) is 0 Å². The molecule has 22 heavy (non-hydrogen) atoms. The molecule has 1 saturated heterocycles. The van der Waals surface area contributed by atoms with E-state index in [2.05, 4.69) is 43.0 Å². The highest BCUT2D eigenvalue weighted by Gasteiger charge is 2.22. The lowest BCUT2D eigenvalue weighted by atomic mass is 10.0. The lowest BCUT2D eigenvalue weighted by molar-refractivity contribution is 0.672. The van der Waals surface area contributed by atoms with Crippen molar-refractivity contribution in [3.8, 4) is 0 Å². The van der Waals surface area contributed by atoms with Gasteiger partial charge in [-0.2, -0.15) is 0 Å². The molecule has 3 nitrogen and oxygen atoms in total. The van der Waals surface area contributed by atoms with E-state index in [9.17, 15) is 4.21 Å². The third-order valence-corrected chi connectivity index (χ3v) is 6.05. The Bertz CT molecular complexity index is 709. The molecule has 118 valence electrons. The minimum Gasteiger partial charge on any atom is -0.354 e. The first-order valence-corrected chi connectivity index (χ1v) is 9.67. The molecule has 1 aliphatic heterocycles. The minimum atomic E-state index is -0.688. The Balaban J connectivity index is 2.12. The van der Waals surface area contributed by atoms with Crippen molar-refractivity contribution in [2.75, 3.05) is 29.5 Å². The lowest BCUT2D eigenvalue weighted by Gasteiger charge is -2.30. The van der Waals surface area contributed by atoms with Gasteiger partial charge >= 0.3 is 0 Å². The molecule has 1 aliphatic rings. The Morgan fingerprint density at radius 3 is 2.77 bits per heavy atom. The summed E-state index contributed by atoms with van der Waals surface area (Å²) in [5.41, 5.74) is 3.30. The van der Waals surface area contributed by atoms with Gasteiger partial charge < -0.3 is 4.90 Å². The molecule has 0 spiro atoms. The zero-order valence-corrected chi connectivity index (χ0v) is 14.6. The number of halogens is 1. The monoisotopic (exact) mass is 336 g/mol. The normalized spacial score (nSPS) is 17.9. The molecule has 0 saturated carbocycles. The molecule has 1 atom stereocenters. The maximum atomic E-state index is 11.6. The molecule has 0 N–H and O–H groups in total. The fourth-order valence-corrected chi connectivity index (χ4v) is 4.12. The predicted molar refractivity (Wildman–Crippen MR) is 95.5 cm³/mol. The first-order chi connectivity index (χ1) is 10.6. The second-order valence-electron chi connectivity index (χ2n) is 5.76. The number of rotatable bonds is 3. The number of hydrogen-bond acceptors (Lipinski definition) is 3. The van der Waals surface area contributed by atoms with Crippen LogP contribution in [0.1, 0.15) is 29.8 Å². The summed E-state index contributed by atoms with van der Waals surface area (Å²) in [6.07, 6.45) is 0.868. The highest BCUT2D eigenvalue weighted by atomic mass is 35.5. The van der Waals surface area contributed by atoms with Crippen LogP contribution in [0.5, 0.6) is 0 Å². The quantitative estimate of drug-likeness (QED) is 0.799. The topological polar surface area (TPSA) is 33.2 Å². The molecular formula is C17H21ClN2OS. The van der Waals surface area contributed by atoms with Gasteiger partial charge in [0.1, 0.15) is 5.82 Å². The Kier molecular flexibility index (Phi) is 4.69. The first kappa shape index (κ1) is 15.8. The number of nitrogens with zero attached hydrogens (tertiary/aromatic N) is 2. The van der Waals surface area contributed by atoms with Crippen LogP contribution in [0.15, 0.2) is 24.3 Å². The summed E-state index contributed by atoms with van der Waals surface area (Å²) < 4.78 is 11.6. The van der Waals surface area contributed by atoms with Crippen LogP contribution >= 0.6 is 11.6 Å². The SMILES string of the molecule is CCC(Cl)c1cc2cccc(C)c2nc1N1CCS(=O)CC1. The number of alkyl halides is 1. The minimum absolute atomic E-state index is 0.0418. The third-order valence-electron chi connectivity index (χ3n) is 4.23. The van der Waals surface area contributed by atoms with Gasteiger partial charge in [-0.15, -0.1) is 11.6 Å². The smallest absolute Gasteiger partial charge is 0.134 e. The van der Waals surface area contributed by atoms with Gasteiger partial charge in [-0.3, -0.25) is 4.21 Å². The number of hydrogen-bond donors (Lipinski definition) is 0. The molecule has 0 bridgehead atoms. The summed E-state index contributed by atoms with van der Waals surface area (Å²) in [7, 11) is -0.688. The highest BCUT2D eigenvalue weighted by Crippen LogP contribution is 2.35. The van der Waals surface area contributed by atoms with Gasteiger partial charge in [0.25, 0.3) is 0 Å². The van der Waals surface area contributed by atoms with E-state index in [1.165, 1.54) is 5.56 Å². The maximum absolute atomic E-state index is 11.6. The highest BCUT2D eigenvalue weighted by molar-refractivity contribution is 7.85. The van der Waals surface area contributed by atoms with Crippen LogP contribution < -0.4 is 4.90 Å². The summed E-state index contributed by atoms with van der Waals surface area (Å²) in [6, 6.07) is 8.41. The maximum Gasteiger partial charge on any atom is 0.134 e. The average molecular weight is 337 g/mol. The van der Waals surface area contributed by atoms with E-state index < -0.39 is 10.8 Å². The molecule has 0 amide bonds. The van der Waals surface area contributed by atoms with Crippen LogP contribution in [0, 0.1) is 6.92 Å². The fraction of sp³-hybridized carbons (Fsp3) is 0.471. The zero-order chi connectivity index (χ0) is 15.7. The number of pyridine rings is 1. The van der Waals surface area contributed by atoms with Crippen molar-refractivity contribution in [2.24, 2.45) is 0 Å². The molecule has 2 aromatic rings. The molecule has 1 aromatic carbocycles. The van der Waals surface area contributed by atoms with Crippen molar-refractivity contribution in [3.63, 3.8) is 0 Å². The van der Waals surface area contributed by atoms with Crippen molar-refractivity contribution in [2.45, 2.75) is 25.6 Å². The van der Waals surface area contributed by atoms with E-state index >= 15 is 0 Å². The number of aromatic nitrogens is 1. The van der Waals surface area contributed by atoms with Crippen molar-refractivity contribution in [1.82, 2.24) is 4.98 Å². The first-order valence-electron chi connectivity index (χ1n) is 7.74. The Labute approximate surface area is 139 Å². The molecule has 0 radical (unpaired) electrons. The van der Waals surface area contributed by atoms with Gasteiger partial charge in [-0.1, -0.05) is 25.1 Å². The Hall–Kier alpha value is -1.13. The van der Waals surface area contributed by atoms with Crippen LogP contribution in [0.3, 0.4) is 0 Å². The van der Waals surface area contributed by atoms with E-state index in [1.807, 2.05) is 0 Å². The molecular weight excluding hydrogens is 316 g/mol. The summed E-state index contributed by atoms with van der Waals surface area (Å²) in [5, 5.41) is 1.10. The zero-order valence-electron chi connectivity index (χ0n) is 13.0. The molecule has 3 rings (SSSR count). The number of para-hydroxylation sites is 1. The summed E-state index contributed by atoms with van der Waals surface area (Å²) >= 11 is 6.56. The summed E-state index contributed by atoms with van der Waals surface area (Å²) in [4.78, 5) is 7.18. The van der Waals surface area contributed by atoms with Gasteiger partial charge in [0.15, 0.2) is 0 Å². The molecule has 1 aromatic heterocycles. The number of fused-ring (bicyclic) bond motifs is 1. The van der Waals surface area contributed by atoms with Crippen LogP contribution in [-0.2, 0) is 10.8 Å². The summed E-state index contributed by atoms with van der Waals surface area (Å²) in [6.45, 7) is 5.75. The third kappa shape index (κ3) is 2.99. The van der Waals surface area contributed by atoms with Crippen LogP contribution in [-0.4, -0.2) is 33.8 Å². The second-order valence-corrected chi connectivity index (χ2v) is 7.98. The van der Waals surface area contributed by atoms with Crippen LogP contribution in [0.4, 0.5) is 5.82 Å². The molecule has 1 unspecified atom stereocenters. The Morgan fingerprint density at radius 2 is 2.09 bits per heavy atom. The van der Waals surface area contributed by atoms with E-state index in [0.717, 1.165) is 41.8 Å². The van der Waals surface area contributed by atoms with Crippen molar-refractivity contribution >= 4 is 39.1 Å². The molecule has 0 aliphatic carbocycles. The van der Waals surface area contributed by atoms with Crippen molar-refractivity contribution in [1.29, 1.82) is 0 Å². The Morgan fingerprint density at radius 1 is 1.36 bits per heavy atom. The van der Waals surface area contributed by atoms with Gasteiger partial charge in [0.2, 0.25) is 0 Å². The number of aryl methyl sites for hydroxylation is 1. The average Bonchev–Trinajstić information content (AvgIpc) is 2.54. The second kappa shape index (κ2) is 6.55. The molecule has 2 heterocycles. The fourth-order valence-electron chi connectivity index (χ4n) is 2.91.